The lowest BCUT2D eigenvalue weighted by Crippen LogP contribution is -2.38. The zero-order valence-corrected chi connectivity index (χ0v) is 13.9. The number of hydrogen-bond donors (Lipinski definition) is 1. The van der Waals surface area contributed by atoms with Crippen LogP contribution in [0.3, 0.4) is 0 Å². The van der Waals surface area contributed by atoms with Gasteiger partial charge in [-0.2, -0.15) is 0 Å². The van der Waals surface area contributed by atoms with E-state index < -0.39 is 0 Å². The van der Waals surface area contributed by atoms with Crippen molar-refractivity contribution in [3.05, 3.63) is 70.7 Å². The van der Waals surface area contributed by atoms with E-state index in [0.717, 1.165) is 31.2 Å². The van der Waals surface area contributed by atoms with Gasteiger partial charge in [-0.3, -0.25) is 4.79 Å². The third-order valence-corrected chi connectivity index (χ3v) is 4.89. The van der Waals surface area contributed by atoms with Crippen molar-refractivity contribution in [1.29, 1.82) is 0 Å². The highest BCUT2D eigenvalue weighted by atomic mass is 35.5. The highest BCUT2D eigenvalue weighted by molar-refractivity contribution is 6.30. The Labute approximate surface area is 142 Å². The van der Waals surface area contributed by atoms with Crippen LogP contribution in [0.1, 0.15) is 42.7 Å². The fourth-order valence-electron chi connectivity index (χ4n) is 3.36. The summed E-state index contributed by atoms with van der Waals surface area (Å²) in [6, 6.07) is 18.5. The van der Waals surface area contributed by atoms with Gasteiger partial charge in [0.1, 0.15) is 0 Å². The summed E-state index contributed by atoms with van der Waals surface area (Å²) in [5, 5.41) is 3.88. The number of carbonyl (C=O) groups excluding carboxylic acids is 1. The average molecular weight is 328 g/mol. The molecule has 1 amide bonds. The molecule has 1 saturated carbocycles. The Morgan fingerprint density at radius 2 is 1.61 bits per heavy atom. The Bertz CT molecular complexity index is 630. The molecule has 1 fully saturated rings. The molecule has 3 rings (SSSR count). The summed E-state index contributed by atoms with van der Waals surface area (Å²) in [4.78, 5) is 12.2. The van der Waals surface area contributed by atoms with Gasteiger partial charge in [0.15, 0.2) is 0 Å². The molecule has 0 aromatic heterocycles. The Morgan fingerprint density at radius 1 is 0.957 bits per heavy atom. The molecule has 0 bridgehead atoms. The van der Waals surface area contributed by atoms with Crippen LogP contribution in [0.25, 0.3) is 0 Å². The maximum atomic E-state index is 12.2. The molecule has 2 aromatic rings. The SMILES string of the molecule is O=C(Cc1ccc(Cl)cc1)N[C@H]1CC[C@@H](c2ccccc2)CC1. The molecule has 0 heterocycles. The molecule has 0 radical (unpaired) electrons. The first-order valence-electron chi connectivity index (χ1n) is 8.29. The smallest absolute Gasteiger partial charge is 0.224 e. The first kappa shape index (κ1) is 16.1. The summed E-state index contributed by atoms with van der Waals surface area (Å²) in [5.41, 5.74) is 2.43. The van der Waals surface area contributed by atoms with Crippen molar-refractivity contribution in [2.24, 2.45) is 0 Å². The predicted octanol–water partition coefficient (Wildman–Crippen LogP) is 4.73. The van der Waals surface area contributed by atoms with Gasteiger partial charge in [-0.15, -0.1) is 0 Å². The van der Waals surface area contributed by atoms with Gasteiger partial charge in [0.2, 0.25) is 5.91 Å². The van der Waals surface area contributed by atoms with Crippen molar-refractivity contribution in [3.63, 3.8) is 0 Å². The van der Waals surface area contributed by atoms with Crippen molar-refractivity contribution < 1.29 is 4.79 Å². The molecule has 2 nitrogen and oxygen atoms in total. The van der Waals surface area contributed by atoms with Crippen molar-refractivity contribution in [2.45, 2.75) is 44.1 Å². The summed E-state index contributed by atoms with van der Waals surface area (Å²) in [5.74, 6) is 0.746. The van der Waals surface area contributed by atoms with Gasteiger partial charge in [-0.25, -0.2) is 0 Å². The summed E-state index contributed by atoms with van der Waals surface area (Å²) in [7, 11) is 0. The van der Waals surface area contributed by atoms with Gasteiger partial charge >= 0.3 is 0 Å². The average Bonchev–Trinajstić information content (AvgIpc) is 2.58. The number of halogens is 1. The maximum Gasteiger partial charge on any atom is 0.224 e. The molecule has 2 aromatic carbocycles. The Morgan fingerprint density at radius 3 is 2.26 bits per heavy atom. The van der Waals surface area contributed by atoms with E-state index in [1.54, 1.807) is 0 Å². The molecule has 1 aliphatic rings. The third-order valence-electron chi connectivity index (χ3n) is 4.64. The van der Waals surface area contributed by atoms with E-state index in [2.05, 4.69) is 35.6 Å². The second kappa shape index (κ2) is 7.65. The molecule has 0 unspecified atom stereocenters. The minimum Gasteiger partial charge on any atom is -0.353 e. The summed E-state index contributed by atoms with van der Waals surface area (Å²) in [6.45, 7) is 0. The molecule has 3 heteroatoms. The zero-order valence-electron chi connectivity index (χ0n) is 13.2. The van der Waals surface area contributed by atoms with Gasteiger partial charge in [0.05, 0.1) is 6.42 Å². The van der Waals surface area contributed by atoms with Gasteiger partial charge in [0.25, 0.3) is 0 Å². The van der Waals surface area contributed by atoms with Crippen LogP contribution in [0.5, 0.6) is 0 Å². The largest absolute Gasteiger partial charge is 0.353 e. The molecule has 0 aliphatic heterocycles. The van der Waals surface area contributed by atoms with Crippen molar-refractivity contribution in [3.8, 4) is 0 Å². The molecular formula is C20H22ClNO. The maximum absolute atomic E-state index is 12.2. The fourth-order valence-corrected chi connectivity index (χ4v) is 3.49. The number of carbonyl (C=O) groups is 1. The van der Waals surface area contributed by atoms with E-state index in [9.17, 15) is 4.79 Å². The molecule has 120 valence electrons. The summed E-state index contributed by atoms with van der Waals surface area (Å²) >= 11 is 5.87. The number of nitrogens with one attached hydrogen (secondary N) is 1. The van der Waals surface area contributed by atoms with E-state index in [1.165, 1.54) is 5.56 Å². The third kappa shape index (κ3) is 4.59. The van der Waals surface area contributed by atoms with Gasteiger partial charge in [0, 0.05) is 11.1 Å². The Kier molecular flexibility index (Phi) is 5.35. The summed E-state index contributed by atoms with van der Waals surface area (Å²) < 4.78 is 0. The second-order valence-electron chi connectivity index (χ2n) is 6.33. The van der Waals surface area contributed by atoms with Crippen LogP contribution < -0.4 is 5.32 Å². The lowest BCUT2D eigenvalue weighted by molar-refractivity contribution is -0.121. The van der Waals surface area contributed by atoms with Crippen LogP contribution in [0.4, 0.5) is 0 Å². The predicted molar refractivity (Wildman–Crippen MR) is 94.7 cm³/mol. The van der Waals surface area contributed by atoms with Crippen LogP contribution in [0.15, 0.2) is 54.6 Å². The Hall–Kier alpha value is -1.80. The van der Waals surface area contributed by atoms with Crippen LogP contribution in [-0.4, -0.2) is 11.9 Å². The molecule has 23 heavy (non-hydrogen) atoms. The number of benzene rings is 2. The molecule has 1 N–H and O–H groups in total. The quantitative estimate of drug-likeness (QED) is 0.864. The van der Waals surface area contributed by atoms with Crippen molar-refractivity contribution >= 4 is 17.5 Å². The van der Waals surface area contributed by atoms with E-state index in [0.29, 0.717) is 23.4 Å². The van der Waals surface area contributed by atoms with Crippen molar-refractivity contribution in [1.82, 2.24) is 5.32 Å². The van der Waals surface area contributed by atoms with Crippen LogP contribution in [-0.2, 0) is 11.2 Å². The molecule has 0 saturated heterocycles. The molecule has 0 spiro atoms. The fraction of sp³-hybridized carbons (Fsp3) is 0.350. The van der Waals surface area contributed by atoms with Crippen molar-refractivity contribution in [2.75, 3.05) is 0 Å². The molecular weight excluding hydrogens is 306 g/mol. The summed E-state index contributed by atoms with van der Waals surface area (Å²) in [6.07, 6.45) is 4.85. The van der Waals surface area contributed by atoms with E-state index in [4.69, 9.17) is 11.6 Å². The zero-order chi connectivity index (χ0) is 16.1. The van der Waals surface area contributed by atoms with E-state index in [-0.39, 0.29) is 5.91 Å². The second-order valence-corrected chi connectivity index (χ2v) is 6.77. The Balaban J connectivity index is 1.47. The van der Waals surface area contributed by atoms with E-state index in [1.807, 2.05) is 24.3 Å². The number of rotatable bonds is 4. The normalized spacial score (nSPS) is 20.9. The van der Waals surface area contributed by atoms with Gasteiger partial charge in [-0.1, -0.05) is 54.1 Å². The van der Waals surface area contributed by atoms with Crippen LogP contribution >= 0.6 is 11.6 Å². The minimum atomic E-state index is 0.107. The van der Waals surface area contributed by atoms with Gasteiger partial charge < -0.3 is 5.32 Å². The highest BCUT2D eigenvalue weighted by Gasteiger charge is 2.23. The van der Waals surface area contributed by atoms with E-state index >= 15 is 0 Å². The number of amides is 1. The van der Waals surface area contributed by atoms with Gasteiger partial charge in [-0.05, 0) is 54.9 Å². The lowest BCUT2D eigenvalue weighted by Gasteiger charge is -2.29. The van der Waals surface area contributed by atoms with Crippen LogP contribution in [0, 0.1) is 0 Å². The standard InChI is InChI=1S/C20H22ClNO/c21-18-10-6-15(7-11-18)14-20(23)22-19-12-8-17(9-13-19)16-4-2-1-3-5-16/h1-7,10-11,17,19H,8-9,12-14H2,(H,22,23)/t17-,19+. The number of hydrogen-bond acceptors (Lipinski definition) is 1. The topological polar surface area (TPSA) is 29.1 Å². The molecule has 1 aliphatic carbocycles. The molecule has 0 atom stereocenters. The van der Waals surface area contributed by atoms with Crippen LogP contribution in [0.2, 0.25) is 5.02 Å². The monoisotopic (exact) mass is 327 g/mol. The highest BCUT2D eigenvalue weighted by Crippen LogP contribution is 2.32. The minimum absolute atomic E-state index is 0.107. The first-order chi connectivity index (χ1) is 11.2. The lowest BCUT2D eigenvalue weighted by atomic mass is 9.82. The first-order valence-corrected chi connectivity index (χ1v) is 8.67.